The smallest absolute Gasteiger partial charge is 0.350 e. The van der Waals surface area contributed by atoms with Gasteiger partial charge in [-0.05, 0) is 18.9 Å². The van der Waals surface area contributed by atoms with Crippen LogP contribution in [0, 0.1) is 5.92 Å². The summed E-state index contributed by atoms with van der Waals surface area (Å²) < 4.78 is 25.7. The highest BCUT2D eigenvalue weighted by atomic mass is 35.6. The summed E-state index contributed by atoms with van der Waals surface area (Å²) in [6.45, 7) is 2.51. The minimum Gasteiger partial charge on any atom is -0.454 e. The summed E-state index contributed by atoms with van der Waals surface area (Å²) in [5.41, 5.74) is -2.86. The van der Waals surface area contributed by atoms with Crippen LogP contribution in [0.3, 0.4) is 0 Å². The summed E-state index contributed by atoms with van der Waals surface area (Å²) in [7, 11) is 2.67. The van der Waals surface area contributed by atoms with Gasteiger partial charge in [-0.3, -0.25) is 9.59 Å². The number of ether oxygens (including phenoxy) is 5. The summed E-state index contributed by atoms with van der Waals surface area (Å²) in [5, 5.41) is 14.0. The highest BCUT2D eigenvalue weighted by Crippen LogP contribution is 2.51. The van der Waals surface area contributed by atoms with Crippen molar-refractivity contribution in [3.63, 3.8) is 0 Å². The Balaban J connectivity index is 2.24. The van der Waals surface area contributed by atoms with Gasteiger partial charge < -0.3 is 34.1 Å². The molecule has 2 bridgehead atoms. The molecule has 2 N–H and O–H groups in total. The van der Waals surface area contributed by atoms with Crippen molar-refractivity contribution >= 4 is 52.6 Å². The van der Waals surface area contributed by atoms with Gasteiger partial charge in [0.25, 0.3) is 9.70 Å². The average molecular weight is 569 g/mol. The van der Waals surface area contributed by atoms with Crippen LogP contribution in [0.2, 0.25) is 0 Å². The van der Waals surface area contributed by atoms with Crippen LogP contribution in [0.15, 0.2) is 30.3 Å². The molecule has 0 unspecified atom stereocenters. The first-order valence-corrected chi connectivity index (χ1v) is 12.1. The lowest BCUT2D eigenvalue weighted by molar-refractivity contribution is -0.297. The molecule has 1 heterocycles. The second-order valence-electron chi connectivity index (χ2n) is 8.96. The Kier molecular flexibility index (Phi) is 8.82. The van der Waals surface area contributed by atoms with E-state index in [0.29, 0.717) is 0 Å². The molecule has 1 aromatic carbocycles. The molecule has 1 saturated heterocycles. The number of methoxy groups -OCH3 is 2. The Bertz CT molecular complexity index is 967. The minimum absolute atomic E-state index is 0.0227. The molecule has 2 fully saturated rings. The van der Waals surface area contributed by atoms with Crippen LogP contribution < -0.4 is 5.32 Å². The van der Waals surface area contributed by atoms with Crippen LogP contribution >= 0.6 is 34.8 Å². The zero-order chi connectivity index (χ0) is 26.9. The third-order valence-electron chi connectivity index (χ3n) is 6.43. The highest BCUT2D eigenvalue weighted by Gasteiger charge is 2.73. The van der Waals surface area contributed by atoms with Gasteiger partial charge in [-0.1, -0.05) is 65.1 Å². The number of fused-ring (bicyclic) bond motifs is 2. The number of rotatable bonds is 8. The Hall–Kier alpha value is -1.66. The first-order valence-electron chi connectivity index (χ1n) is 11.0. The molecule has 6 atom stereocenters. The van der Waals surface area contributed by atoms with E-state index in [4.69, 9.17) is 58.5 Å². The second kappa shape index (κ2) is 11.0. The number of benzene rings is 1. The van der Waals surface area contributed by atoms with Gasteiger partial charge in [-0.15, -0.1) is 0 Å². The maximum atomic E-state index is 13.2. The molecule has 0 aromatic heterocycles. The number of esters is 2. The van der Waals surface area contributed by atoms with Gasteiger partial charge in [0.1, 0.15) is 17.2 Å². The predicted molar refractivity (Wildman–Crippen MR) is 128 cm³/mol. The third kappa shape index (κ3) is 5.60. The molecule has 2 aliphatic rings. The van der Waals surface area contributed by atoms with Crippen molar-refractivity contribution in [1.29, 1.82) is 0 Å². The fourth-order valence-electron chi connectivity index (χ4n) is 4.97. The van der Waals surface area contributed by atoms with Crippen molar-refractivity contribution < 1.29 is 43.2 Å². The van der Waals surface area contributed by atoms with E-state index in [2.05, 4.69) is 5.32 Å². The van der Waals surface area contributed by atoms with Crippen LogP contribution in [0.25, 0.3) is 0 Å². The van der Waals surface area contributed by atoms with E-state index in [0.717, 1.165) is 12.5 Å². The highest BCUT2D eigenvalue weighted by molar-refractivity contribution is 6.76. The Morgan fingerprint density at radius 3 is 2.36 bits per heavy atom. The lowest BCUT2D eigenvalue weighted by atomic mass is 9.59. The SMILES string of the molecule is COC(OC)[C@H]1C[C@](C)(O)[C@H]2OC(=O)[C@@H](OC(C)=O)[C@]1(NC(=O)C(Cl)(Cl)Cl)[C@@H]2OCc1ccccc1. The van der Waals surface area contributed by atoms with Gasteiger partial charge in [0, 0.05) is 27.1 Å². The van der Waals surface area contributed by atoms with Crippen LogP contribution in [0.4, 0.5) is 0 Å². The van der Waals surface area contributed by atoms with E-state index >= 15 is 0 Å². The Morgan fingerprint density at radius 1 is 1.22 bits per heavy atom. The molecule has 1 amide bonds. The normalized spacial score (nSPS) is 32.1. The number of halogens is 3. The van der Waals surface area contributed by atoms with Crippen LogP contribution in [0.5, 0.6) is 0 Å². The van der Waals surface area contributed by atoms with Crippen molar-refractivity contribution in [2.75, 3.05) is 14.2 Å². The first kappa shape index (κ1) is 28.9. The Morgan fingerprint density at radius 2 is 1.83 bits per heavy atom. The lowest BCUT2D eigenvalue weighted by Crippen LogP contribution is -2.84. The largest absolute Gasteiger partial charge is 0.454 e. The van der Waals surface area contributed by atoms with E-state index < -0.39 is 63.3 Å². The summed E-state index contributed by atoms with van der Waals surface area (Å²) in [6.07, 6.45) is -5.61. The number of carbonyl (C=O) groups is 3. The number of nitrogens with one attached hydrogen (secondary N) is 1. The summed E-state index contributed by atoms with van der Waals surface area (Å²) in [4.78, 5) is 38.4. The molecule has 36 heavy (non-hydrogen) atoms. The Labute approximate surface area is 223 Å². The second-order valence-corrected chi connectivity index (χ2v) is 11.2. The molecule has 13 heteroatoms. The standard InChI is InChI=1S/C23H28Cl3NO9/c1-12(28)35-17-18(29)36-15-16(34-11-13-8-6-5-7-9-13)22(17,27-20(30)23(24,25)26)14(10-21(15,2)31)19(32-3)33-4/h5-9,14-17,19,31H,10-11H2,1-4H3,(H,27,30)/t14-,15+,16-,17-,21+,22-/m1/s1. The number of hydrogen-bond acceptors (Lipinski definition) is 9. The zero-order valence-electron chi connectivity index (χ0n) is 20.0. The summed E-state index contributed by atoms with van der Waals surface area (Å²) >= 11 is 17.6. The number of hydrogen-bond donors (Lipinski definition) is 2. The number of amides is 1. The summed E-state index contributed by atoms with van der Waals surface area (Å²) in [6, 6.07) is 9.01. The lowest BCUT2D eigenvalue weighted by Gasteiger charge is -2.61. The van der Waals surface area contributed by atoms with Crippen molar-refractivity contribution in [2.45, 2.75) is 66.4 Å². The fraction of sp³-hybridized carbons (Fsp3) is 0.609. The molecule has 0 radical (unpaired) electrons. The van der Waals surface area contributed by atoms with E-state index in [1.807, 2.05) is 6.07 Å². The third-order valence-corrected chi connectivity index (χ3v) is 6.95. The first-order chi connectivity index (χ1) is 16.8. The average Bonchev–Trinajstić information content (AvgIpc) is 2.79. The molecule has 1 saturated carbocycles. The van der Waals surface area contributed by atoms with Crippen molar-refractivity contribution in [2.24, 2.45) is 5.92 Å². The maximum absolute atomic E-state index is 13.2. The zero-order valence-corrected chi connectivity index (χ0v) is 22.3. The van der Waals surface area contributed by atoms with E-state index in [1.165, 1.54) is 21.1 Å². The van der Waals surface area contributed by atoms with Gasteiger partial charge in [0.05, 0.1) is 6.61 Å². The van der Waals surface area contributed by atoms with Gasteiger partial charge >= 0.3 is 11.9 Å². The van der Waals surface area contributed by atoms with Crippen molar-refractivity contribution in [3.8, 4) is 0 Å². The minimum atomic E-state index is -2.46. The topological polar surface area (TPSA) is 130 Å². The molecule has 1 aliphatic heterocycles. The van der Waals surface area contributed by atoms with Gasteiger partial charge in [0.2, 0.25) is 6.10 Å². The maximum Gasteiger partial charge on any atom is 0.350 e. The monoisotopic (exact) mass is 567 g/mol. The van der Waals surface area contributed by atoms with E-state index in [9.17, 15) is 19.5 Å². The number of alkyl halides is 3. The summed E-state index contributed by atoms with van der Waals surface area (Å²) in [5.74, 6) is -4.05. The number of carbonyl (C=O) groups excluding carboxylic acids is 3. The van der Waals surface area contributed by atoms with Gasteiger partial charge in [0.15, 0.2) is 12.4 Å². The number of aliphatic hydroxyl groups is 1. The molecular formula is C23H28Cl3NO9. The van der Waals surface area contributed by atoms with Crippen molar-refractivity contribution in [1.82, 2.24) is 5.32 Å². The van der Waals surface area contributed by atoms with Gasteiger partial charge in [-0.25, -0.2) is 4.79 Å². The molecule has 3 rings (SSSR count). The molecule has 0 spiro atoms. The van der Waals surface area contributed by atoms with Gasteiger partial charge in [-0.2, -0.15) is 0 Å². The molecule has 200 valence electrons. The predicted octanol–water partition coefficient (Wildman–Crippen LogP) is 2.04. The van der Waals surface area contributed by atoms with Crippen LogP contribution in [-0.4, -0.2) is 76.7 Å². The molecular weight excluding hydrogens is 541 g/mol. The van der Waals surface area contributed by atoms with Crippen molar-refractivity contribution in [3.05, 3.63) is 35.9 Å². The molecule has 1 aliphatic carbocycles. The quantitative estimate of drug-likeness (QED) is 0.275. The van der Waals surface area contributed by atoms with E-state index in [1.54, 1.807) is 24.3 Å². The van der Waals surface area contributed by atoms with Crippen LogP contribution in [0.1, 0.15) is 25.8 Å². The fourth-order valence-corrected chi connectivity index (χ4v) is 5.11. The van der Waals surface area contributed by atoms with E-state index in [-0.39, 0.29) is 13.0 Å². The van der Waals surface area contributed by atoms with Crippen LogP contribution in [-0.2, 0) is 44.7 Å². The molecule has 1 aromatic rings. The molecule has 10 nitrogen and oxygen atoms in total.